The molecule has 1 aliphatic carbocycles. The molecule has 0 bridgehead atoms. The monoisotopic (exact) mass is 271 g/mol. The van der Waals surface area contributed by atoms with Crippen molar-refractivity contribution in [3.8, 4) is 0 Å². The summed E-state index contributed by atoms with van der Waals surface area (Å²) in [5, 5.41) is 3.24. The SMILES string of the molecule is CC1CCC(CNc2ccc(C(F)(F)F)cc2)CC1. The molecular weight excluding hydrogens is 251 g/mol. The van der Waals surface area contributed by atoms with Gasteiger partial charge in [-0.15, -0.1) is 0 Å². The predicted molar refractivity (Wildman–Crippen MR) is 71.1 cm³/mol. The van der Waals surface area contributed by atoms with E-state index in [9.17, 15) is 13.2 Å². The van der Waals surface area contributed by atoms with E-state index in [-0.39, 0.29) is 0 Å². The number of alkyl halides is 3. The van der Waals surface area contributed by atoms with Gasteiger partial charge in [-0.3, -0.25) is 0 Å². The lowest BCUT2D eigenvalue weighted by Crippen LogP contribution is -2.20. The van der Waals surface area contributed by atoms with Crippen LogP contribution in [0, 0.1) is 11.8 Å². The van der Waals surface area contributed by atoms with E-state index in [4.69, 9.17) is 0 Å². The van der Waals surface area contributed by atoms with Gasteiger partial charge in [0.05, 0.1) is 5.56 Å². The fraction of sp³-hybridized carbons (Fsp3) is 0.600. The average Bonchev–Trinajstić information content (AvgIpc) is 2.37. The molecule has 0 aromatic heterocycles. The van der Waals surface area contributed by atoms with Crippen LogP contribution in [0.1, 0.15) is 38.2 Å². The third kappa shape index (κ3) is 4.15. The Bertz CT molecular complexity index is 389. The summed E-state index contributed by atoms with van der Waals surface area (Å²) in [6.07, 6.45) is 0.709. The Kier molecular flexibility index (Phi) is 4.38. The van der Waals surface area contributed by atoms with Gasteiger partial charge in [-0.05, 0) is 48.9 Å². The van der Waals surface area contributed by atoms with Crippen LogP contribution in [-0.2, 0) is 6.18 Å². The molecule has 2 rings (SSSR count). The lowest BCUT2D eigenvalue weighted by Gasteiger charge is -2.26. The summed E-state index contributed by atoms with van der Waals surface area (Å²) in [6.45, 7) is 3.14. The Balaban J connectivity index is 1.83. The van der Waals surface area contributed by atoms with Crippen molar-refractivity contribution >= 4 is 5.69 Å². The molecule has 1 saturated carbocycles. The number of hydrogen-bond donors (Lipinski definition) is 1. The first-order chi connectivity index (χ1) is 8.95. The molecule has 0 amide bonds. The number of halogens is 3. The van der Waals surface area contributed by atoms with E-state index >= 15 is 0 Å². The van der Waals surface area contributed by atoms with Crippen LogP contribution in [0.4, 0.5) is 18.9 Å². The first-order valence-electron chi connectivity index (χ1n) is 6.86. The van der Waals surface area contributed by atoms with Crippen LogP contribution in [0.25, 0.3) is 0 Å². The van der Waals surface area contributed by atoms with Gasteiger partial charge in [-0.2, -0.15) is 13.2 Å². The van der Waals surface area contributed by atoms with Crippen LogP contribution in [0.3, 0.4) is 0 Å². The Labute approximate surface area is 112 Å². The number of rotatable bonds is 3. The lowest BCUT2D eigenvalue weighted by molar-refractivity contribution is -0.137. The molecule has 1 fully saturated rings. The van der Waals surface area contributed by atoms with Crippen molar-refractivity contribution in [3.63, 3.8) is 0 Å². The van der Waals surface area contributed by atoms with Gasteiger partial charge in [-0.25, -0.2) is 0 Å². The maximum absolute atomic E-state index is 12.4. The van der Waals surface area contributed by atoms with Crippen molar-refractivity contribution in [2.24, 2.45) is 11.8 Å². The molecule has 0 heterocycles. The molecule has 0 atom stereocenters. The molecule has 1 aromatic carbocycles. The van der Waals surface area contributed by atoms with Crippen LogP contribution in [0.2, 0.25) is 0 Å². The highest BCUT2D eigenvalue weighted by Gasteiger charge is 2.29. The van der Waals surface area contributed by atoms with E-state index in [0.29, 0.717) is 5.92 Å². The predicted octanol–water partition coefficient (Wildman–Crippen LogP) is 4.94. The van der Waals surface area contributed by atoms with Crippen molar-refractivity contribution < 1.29 is 13.2 Å². The number of benzene rings is 1. The summed E-state index contributed by atoms with van der Waals surface area (Å²) in [5.41, 5.74) is 0.177. The third-order valence-corrected chi connectivity index (χ3v) is 3.94. The lowest BCUT2D eigenvalue weighted by atomic mass is 9.83. The van der Waals surface area contributed by atoms with Gasteiger partial charge in [0.25, 0.3) is 0 Å². The number of anilines is 1. The van der Waals surface area contributed by atoms with E-state index < -0.39 is 11.7 Å². The van der Waals surface area contributed by atoms with Crippen molar-refractivity contribution in [2.75, 3.05) is 11.9 Å². The molecule has 0 saturated heterocycles. The number of hydrogen-bond acceptors (Lipinski definition) is 1. The van der Waals surface area contributed by atoms with Crippen molar-refractivity contribution in [1.29, 1.82) is 0 Å². The molecule has 0 aliphatic heterocycles. The van der Waals surface area contributed by atoms with Gasteiger partial charge in [0.15, 0.2) is 0 Å². The summed E-state index contributed by atoms with van der Waals surface area (Å²) in [5.74, 6) is 1.47. The molecule has 0 unspecified atom stereocenters. The summed E-state index contributed by atoms with van der Waals surface area (Å²) in [7, 11) is 0. The summed E-state index contributed by atoms with van der Waals surface area (Å²) < 4.78 is 37.2. The normalized spacial score (nSPS) is 24.2. The second-order valence-electron chi connectivity index (χ2n) is 5.58. The molecule has 1 nitrogen and oxygen atoms in total. The second-order valence-corrected chi connectivity index (χ2v) is 5.58. The Morgan fingerprint density at radius 3 is 2.16 bits per heavy atom. The topological polar surface area (TPSA) is 12.0 Å². The molecule has 106 valence electrons. The molecule has 1 aromatic rings. The highest BCUT2D eigenvalue weighted by atomic mass is 19.4. The largest absolute Gasteiger partial charge is 0.416 e. The van der Waals surface area contributed by atoms with Gasteiger partial charge < -0.3 is 5.32 Å². The Morgan fingerprint density at radius 2 is 1.63 bits per heavy atom. The van der Waals surface area contributed by atoms with E-state index in [1.54, 1.807) is 0 Å². The Morgan fingerprint density at radius 1 is 1.05 bits per heavy atom. The smallest absolute Gasteiger partial charge is 0.385 e. The second kappa shape index (κ2) is 5.85. The van der Waals surface area contributed by atoms with Crippen molar-refractivity contribution in [3.05, 3.63) is 29.8 Å². The summed E-state index contributed by atoms with van der Waals surface area (Å²) in [4.78, 5) is 0. The van der Waals surface area contributed by atoms with Gasteiger partial charge in [0, 0.05) is 12.2 Å². The quantitative estimate of drug-likeness (QED) is 0.820. The maximum atomic E-state index is 12.4. The molecule has 1 N–H and O–H groups in total. The van der Waals surface area contributed by atoms with Gasteiger partial charge in [-0.1, -0.05) is 19.8 Å². The van der Waals surface area contributed by atoms with Crippen LogP contribution in [0.15, 0.2) is 24.3 Å². The molecule has 0 radical (unpaired) electrons. The van der Waals surface area contributed by atoms with Crippen LogP contribution >= 0.6 is 0 Å². The number of nitrogens with one attached hydrogen (secondary N) is 1. The van der Waals surface area contributed by atoms with Crippen LogP contribution < -0.4 is 5.32 Å². The zero-order valence-corrected chi connectivity index (χ0v) is 11.1. The van der Waals surface area contributed by atoms with Gasteiger partial charge >= 0.3 is 6.18 Å². The van der Waals surface area contributed by atoms with Crippen molar-refractivity contribution in [1.82, 2.24) is 0 Å². The van der Waals surface area contributed by atoms with Gasteiger partial charge in [0.2, 0.25) is 0 Å². The Hall–Kier alpha value is -1.19. The average molecular weight is 271 g/mol. The van der Waals surface area contributed by atoms with E-state index in [1.165, 1.54) is 37.8 Å². The zero-order valence-electron chi connectivity index (χ0n) is 11.1. The van der Waals surface area contributed by atoms with Gasteiger partial charge in [0.1, 0.15) is 0 Å². The highest BCUT2D eigenvalue weighted by molar-refractivity contribution is 5.45. The fourth-order valence-electron chi connectivity index (χ4n) is 2.57. The minimum atomic E-state index is -4.25. The first kappa shape index (κ1) is 14.2. The molecular formula is C15H20F3N. The molecule has 19 heavy (non-hydrogen) atoms. The minimum Gasteiger partial charge on any atom is -0.385 e. The third-order valence-electron chi connectivity index (χ3n) is 3.94. The minimum absolute atomic E-state index is 0.593. The summed E-state index contributed by atoms with van der Waals surface area (Å²) >= 11 is 0. The standard InChI is InChI=1S/C15H20F3N/c1-11-2-4-12(5-3-11)10-19-14-8-6-13(7-9-14)15(16,17)18/h6-9,11-12,19H,2-5,10H2,1H3. The first-order valence-corrected chi connectivity index (χ1v) is 6.86. The van der Waals surface area contributed by atoms with Crippen LogP contribution in [0.5, 0.6) is 0 Å². The zero-order chi connectivity index (χ0) is 13.9. The molecule has 4 heteroatoms. The summed E-state index contributed by atoms with van der Waals surface area (Å²) in [6, 6.07) is 5.28. The molecule has 1 aliphatic rings. The van der Waals surface area contributed by atoms with E-state index in [2.05, 4.69) is 12.2 Å². The van der Waals surface area contributed by atoms with E-state index in [1.807, 2.05) is 0 Å². The van der Waals surface area contributed by atoms with Crippen molar-refractivity contribution in [2.45, 2.75) is 38.8 Å². The maximum Gasteiger partial charge on any atom is 0.416 e. The highest BCUT2D eigenvalue weighted by Crippen LogP contribution is 2.31. The van der Waals surface area contributed by atoms with Crippen LogP contribution in [-0.4, -0.2) is 6.54 Å². The fourth-order valence-corrected chi connectivity index (χ4v) is 2.57. The van der Waals surface area contributed by atoms with E-state index in [0.717, 1.165) is 30.3 Å². The molecule has 0 spiro atoms.